The van der Waals surface area contributed by atoms with E-state index in [1.165, 1.54) is 0 Å². The Labute approximate surface area is 186 Å². The van der Waals surface area contributed by atoms with Gasteiger partial charge in [-0.25, -0.2) is 4.98 Å². The van der Waals surface area contributed by atoms with Gasteiger partial charge in [-0.2, -0.15) is 11.8 Å². The molecule has 4 rings (SSSR count). The Bertz CT molecular complexity index is 1110. The normalized spacial score (nSPS) is 14.3. The second-order valence-corrected chi connectivity index (χ2v) is 9.75. The molecule has 154 valence electrons. The summed E-state index contributed by atoms with van der Waals surface area (Å²) in [6.07, 6.45) is 4.29. The summed E-state index contributed by atoms with van der Waals surface area (Å²) < 4.78 is 1.93. The summed E-state index contributed by atoms with van der Waals surface area (Å²) in [5.74, 6) is -0.553. The number of carbonyl (C=O) groups is 3. The molecule has 0 fully saturated rings. The molecule has 0 aliphatic carbocycles. The van der Waals surface area contributed by atoms with Crippen LogP contribution in [0, 0.1) is 0 Å². The van der Waals surface area contributed by atoms with Crippen molar-refractivity contribution in [3.05, 3.63) is 53.6 Å². The maximum absolute atomic E-state index is 13.2. The van der Waals surface area contributed by atoms with Gasteiger partial charge in [-0.3, -0.25) is 19.3 Å². The largest absolute Gasteiger partial charge is 0.324 e. The Kier molecular flexibility index (Phi) is 6.12. The number of rotatable bonds is 7. The van der Waals surface area contributed by atoms with E-state index < -0.39 is 17.9 Å². The highest BCUT2D eigenvalue weighted by molar-refractivity contribution is 8.00. The lowest BCUT2D eigenvalue weighted by atomic mass is 10.1. The number of imide groups is 1. The Balaban J connectivity index is 1.60. The summed E-state index contributed by atoms with van der Waals surface area (Å²) >= 11 is 4.70. The first-order valence-electron chi connectivity index (χ1n) is 9.24. The topological polar surface area (TPSA) is 79.4 Å². The highest BCUT2D eigenvalue weighted by atomic mass is 32.2. The molecule has 2 heterocycles. The van der Waals surface area contributed by atoms with Gasteiger partial charge >= 0.3 is 0 Å². The Hall–Kier alpha value is -2.36. The fourth-order valence-electron chi connectivity index (χ4n) is 3.39. The zero-order chi connectivity index (χ0) is 21.3. The van der Waals surface area contributed by atoms with Crippen molar-refractivity contribution >= 4 is 68.5 Å². The fraction of sp³-hybridized carbons (Fsp3) is 0.238. The van der Waals surface area contributed by atoms with Gasteiger partial charge in [0.05, 0.1) is 21.3 Å². The SMILES string of the molecule is CSCCC(C(=O)Nc1ccc2nc(SC)sc2c1)N1C(=O)c2ccccc2C1=O. The summed E-state index contributed by atoms with van der Waals surface area (Å²) in [5, 5.41) is 2.89. The molecule has 1 unspecified atom stereocenters. The smallest absolute Gasteiger partial charge is 0.262 e. The maximum atomic E-state index is 13.2. The van der Waals surface area contributed by atoms with Crippen LogP contribution in [0.15, 0.2) is 46.8 Å². The number of aromatic nitrogens is 1. The number of benzene rings is 2. The summed E-state index contributed by atoms with van der Waals surface area (Å²) in [5.41, 5.74) is 2.19. The average Bonchev–Trinajstić information content (AvgIpc) is 3.28. The van der Waals surface area contributed by atoms with Crippen molar-refractivity contribution in [2.24, 2.45) is 0 Å². The molecule has 3 aromatic rings. The minimum atomic E-state index is -0.872. The van der Waals surface area contributed by atoms with Crippen molar-refractivity contribution in [1.82, 2.24) is 9.88 Å². The van der Waals surface area contributed by atoms with Gasteiger partial charge in [0, 0.05) is 5.69 Å². The summed E-state index contributed by atoms with van der Waals surface area (Å²) in [6.45, 7) is 0. The number of fused-ring (bicyclic) bond motifs is 2. The predicted molar refractivity (Wildman–Crippen MR) is 124 cm³/mol. The number of nitrogens with zero attached hydrogens (tertiary/aromatic N) is 2. The van der Waals surface area contributed by atoms with Crippen LogP contribution in [0.2, 0.25) is 0 Å². The third-order valence-corrected chi connectivity index (χ3v) is 7.49. The predicted octanol–water partition coefficient (Wildman–Crippen LogP) is 4.37. The highest BCUT2D eigenvalue weighted by Gasteiger charge is 2.42. The van der Waals surface area contributed by atoms with Crippen LogP contribution in [0.25, 0.3) is 10.2 Å². The Morgan fingerprint density at radius 1 is 1.13 bits per heavy atom. The van der Waals surface area contributed by atoms with Crippen LogP contribution in [0.5, 0.6) is 0 Å². The molecule has 0 saturated heterocycles. The van der Waals surface area contributed by atoms with Gasteiger partial charge in [0.1, 0.15) is 6.04 Å². The van der Waals surface area contributed by atoms with Gasteiger partial charge in [-0.1, -0.05) is 23.9 Å². The number of thiazole rings is 1. The number of nitrogens with one attached hydrogen (secondary N) is 1. The van der Waals surface area contributed by atoms with Gasteiger partial charge in [-0.05, 0) is 55.0 Å². The van der Waals surface area contributed by atoms with E-state index >= 15 is 0 Å². The quantitative estimate of drug-likeness (QED) is 0.419. The molecule has 0 bridgehead atoms. The van der Waals surface area contributed by atoms with E-state index in [4.69, 9.17) is 0 Å². The van der Waals surface area contributed by atoms with Gasteiger partial charge in [0.2, 0.25) is 5.91 Å². The van der Waals surface area contributed by atoms with E-state index in [2.05, 4.69) is 10.3 Å². The molecule has 1 aliphatic rings. The first-order chi connectivity index (χ1) is 14.5. The van der Waals surface area contributed by atoms with E-state index in [0.29, 0.717) is 29.0 Å². The monoisotopic (exact) mass is 457 g/mol. The first kappa shape index (κ1) is 20.9. The number of anilines is 1. The molecule has 9 heteroatoms. The van der Waals surface area contributed by atoms with Gasteiger partial charge in [0.15, 0.2) is 4.34 Å². The summed E-state index contributed by atoms with van der Waals surface area (Å²) in [4.78, 5) is 44.5. The molecule has 1 N–H and O–H groups in total. The number of thioether (sulfide) groups is 2. The van der Waals surface area contributed by atoms with Crippen LogP contribution >= 0.6 is 34.9 Å². The zero-order valence-corrected chi connectivity index (χ0v) is 18.8. The lowest BCUT2D eigenvalue weighted by Gasteiger charge is -2.25. The van der Waals surface area contributed by atoms with Crippen LogP contribution in [-0.2, 0) is 4.79 Å². The number of carbonyl (C=O) groups excluding carboxylic acids is 3. The van der Waals surface area contributed by atoms with Crippen molar-refractivity contribution in [3.8, 4) is 0 Å². The molecule has 0 spiro atoms. The molecular formula is C21H19N3O3S3. The molecule has 0 radical (unpaired) electrons. The van der Waals surface area contributed by atoms with Crippen LogP contribution in [0.3, 0.4) is 0 Å². The Morgan fingerprint density at radius 2 is 1.83 bits per heavy atom. The first-order valence-corrected chi connectivity index (χ1v) is 12.7. The van der Waals surface area contributed by atoms with Crippen LogP contribution in [-0.4, -0.2) is 51.9 Å². The van der Waals surface area contributed by atoms with Crippen molar-refractivity contribution in [2.45, 2.75) is 16.8 Å². The van der Waals surface area contributed by atoms with E-state index in [1.807, 2.05) is 24.6 Å². The lowest BCUT2D eigenvalue weighted by Crippen LogP contribution is -2.47. The van der Waals surface area contributed by atoms with Crippen molar-refractivity contribution in [2.75, 3.05) is 23.6 Å². The van der Waals surface area contributed by atoms with Gasteiger partial charge in [0.25, 0.3) is 11.8 Å². The minimum absolute atomic E-state index is 0.347. The van der Waals surface area contributed by atoms with Crippen LogP contribution < -0.4 is 5.32 Å². The number of amides is 3. The molecule has 30 heavy (non-hydrogen) atoms. The lowest BCUT2D eigenvalue weighted by molar-refractivity contribution is -0.120. The molecule has 2 aromatic carbocycles. The molecule has 1 aromatic heterocycles. The fourth-order valence-corrected chi connectivity index (χ4v) is 5.38. The van der Waals surface area contributed by atoms with Crippen molar-refractivity contribution in [1.29, 1.82) is 0 Å². The average molecular weight is 458 g/mol. The molecule has 1 atom stereocenters. The van der Waals surface area contributed by atoms with Crippen molar-refractivity contribution in [3.63, 3.8) is 0 Å². The summed E-state index contributed by atoms with van der Waals surface area (Å²) in [7, 11) is 0. The number of hydrogen-bond donors (Lipinski definition) is 1. The highest BCUT2D eigenvalue weighted by Crippen LogP contribution is 2.31. The molecule has 0 saturated carbocycles. The second-order valence-electron chi connectivity index (χ2n) is 6.68. The third kappa shape index (κ3) is 3.84. The van der Waals surface area contributed by atoms with Crippen LogP contribution in [0.4, 0.5) is 5.69 Å². The molecular weight excluding hydrogens is 438 g/mol. The van der Waals surface area contributed by atoms with E-state index in [9.17, 15) is 14.4 Å². The number of hydrogen-bond acceptors (Lipinski definition) is 7. The molecule has 6 nitrogen and oxygen atoms in total. The van der Waals surface area contributed by atoms with E-state index in [0.717, 1.165) is 19.5 Å². The van der Waals surface area contributed by atoms with Gasteiger partial charge in [-0.15, -0.1) is 11.3 Å². The minimum Gasteiger partial charge on any atom is -0.324 e. The van der Waals surface area contributed by atoms with E-state index in [-0.39, 0.29) is 5.91 Å². The second kappa shape index (κ2) is 8.79. The molecule has 3 amide bonds. The Morgan fingerprint density at radius 3 is 2.47 bits per heavy atom. The van der Waals surface area contributed by atoms with Gasteiger partial charge < -0.3 is 5.32 Å². The van der Waals surface area contributed by atoms with Crippen molar-refractivity contribution < 1.29 is 14.4 Å². The third-order valence-electron chi connectivity index (χ3n) is 4.85. The van der Waals surface area contributed by atoms with E-state index in [1.54, 1.807) is 65.2 Å². The maximum Gasteiger partial charge on any atom is 0.262 e. The standard InChI is InChI=1S/C21H19N3O3S3/c1-28-10-9-16(24-19(26)13-5-3-4-6-14(13)20(24)27)18(25)22-12-7-8-15-17(11-12)30-21(23-15)29-2/h3-8,11,16H,9-10H2,1-2H3,(H,22,25). The summed E-state index contributed by atoms with van der Waals surface area (Å²) in [6, 6.07) is 11.3. The zero-order valence-electron chi connectivity index (χ0n) is 16.4. The van der Waals surface area contributed by atoms with Crippen LogP contribution in [0.1, 0.15) is 27.1 Å². The molecule has 1 aliphatic heterocycles.